The fourth-order valence-corrected chi connectivity index (χ4v) is 3.01. The van der Waals surface area contributed by atoms with E-state index in [1.54, 1.807) is 0 Å². The van der Waals surface area contributed by atoms with E-state index >= 15 is 0 Å². The minimum Gasteiger partial charge on any atom is -0.362 e. The largest absolute Gasteiger partial charge is 0.362 e. The molecule has 1 N–H and O–H groups in total. The van der Waals surface area contributed by atoms with Gasteiger partial charge in [-0.1, -0.05) is 45.4 Å². The molecule has 0 bridgehead atoms. The Labute approximate surface area is 104 Å². The van der Waals surface area contributed by atoms with Crippen molar-refractivity contribution in [3.05, 3.63) is 0 Å². The summed E-state index contributed by atoms with van der Waals surface area (Å²) >= 11 is 1.90. The Morgan fingerprint density at radius 3 is 2.75 bits per heavy atom. The molecular formula is C13H24N2S. The van der Waals surface area contributed by atoms with Crippen molar-refractivity contribution in [2.45, 2.75) is 52.5 Å². The summed E-state index contributed by atoms with van der Waals surface area (Å²) in [5.74, 6) is 2.20. The Morgan fingerprint density at radius 2 is 2.25 bits per heavy atom. The van der Waals surface area contributed by atoms with Gasteiger partial charge in [0.25, 0.3) is 0 Å². The highest BCUT2D eigenvalue weighted by molar-refractivity contribution is 8.13. The first kappa shape index (κ1) is 12.3. The summed E-state index contributed by atoms with van der Waals surface area (Å²) < 4.78 is 0. The number of aliphatic imine (C=N–C) groups is 1. The van der Waals surface area contributed by atoms with Crippen LogP contribution < -0.4 is 5.32 Å². The fraction of sp³-hybridized carbons (Fsp3) is 0.923. The summed E-state index contributed by atoms with van der Waals surface area (Å²) in [4.78, 5) is 4.67. The minimum absolute atomic E-state index is 0.383. The van der Waals surface area contributed by atoms with Gasteiger partial charge < -0.3 is 5.32 Å². The van der Waals surface area contributed by atoms with Gasteiger partial charge in [-0.15, -0.1) is 0 Å². The predicted octanol–water partition coefficient (Wildman–Crippen LogP) is 3.28. The van der Waals surface area contributed by atoms with E-state index in [-0.39, 0.29) is 0 Å². The van der Waals surface area contributed by atoms with Crippen molar-refractivity contribution < 1.29 is 0 Å². The second-order valence-electron chi connectivity index (χ2n) is 6.00. The van der Waals surface area contributed by atoms with Crippen LogP contribution in [0.1, 0.15) is 46.5 Å². The van der Waals surface area contributed by atoms with Gasteiger partial charge in [-0.05, 0) is 24.2 Å². The lowest BCUT2D eigenvalue weighted by Crippen LogP contribution is -2.37. The third-order valence-corrected chi connectivity index (χ3v) is 4.83. The smallest absolute Gasteiger partial charge is 0.156 e. The van der Waals surface area contributed by atoms with Crippen molar-refractivity contribution in [1.29, 1.82) is 0 Å². The molecule has 92 valence electrons. The molecule has 1 atom stereocenters. The van der Waals surface area contributed by atoms with Crippen molar-refractivity contribution in [3.63, 3.8) is 0 Å². The van der Waals surface area contributed by atoms with Gasteiger partial charge >= 0.3 is 0 Å². The average molecular weight is 240 g/mol. The summed E-state index contributed by atoms with van der Waals surface area (Å²) in [5, 5.41) is 4.81. The van der Waals surface area contributed by atoms with E-state index in [1.165, 1.54) is 36.6 Å². The second kappa shape index (κ2) is 4.99. The Balaban J connectivity index is 1.81. The molecular weight excluding hydrogens is 216 g/mol. The van der Waals surface area contributed by atoms with Gasteiger partial charge in [-0.3, -0.25) is 4.99 Å². The van der Waals surface area contributed by atoms with E-state index in [0.29, 0.717) is 11.5 Å². The first-order valence-electron chi connectivity index (χ1n) is 6.53. The van der Waals surface area contributed by atoms with E-state index in [2.05, 4.69) is 31.1 Å². The SMILES string of the molecule is CCC(CC1CC1)NC1=NCC(C)(C)CS1. The number of rotatable bonds is 4. The summed E-state index contributed by atoms with van der Waals surface area (Å²) in [6.45, 7) is 7.84. The molecule has 0 aromatic carbocycles. The Hall–Kier alpha value is -0.180. The molecule has 1 unspecified atom stereocenters. The molecule has 1 saturated carbocycles. The molecule has 0 radical (unpaired) electrons. The molecule has 3 heteroatoms. The van der Waals surface area contributed by atoms with Crippen molar-refractivity contribution in [2.24, 2.45) is 16.3 Å². The minimum atomic E-state index is 0.383. The summed E-state index contributed by atoms with van der Waals surface area (Å²) in [6.07, 6.45) is 5.47. The molecule has 0 aromatic rings. The summed E-state index contributed by atoms with van der Waals surface area (Å²) in [7, 11) is 0. The number of nitrogens with zero attached hydrogens (tertiary/aromatic N) is 1. The third-order valence-electron chi connectivity index (χ3n) is 3.39. The van der Waals surface area contributed by atoms with Gasteiger partial charge in [0, 0.05) is 18.3 Å². The lowest BCUT2D eigenvalue weighted by atomic mass is 9.97. The van der Waals surface area contributed by atoms with E-state index in [4.69, 9.17) is 0 Å². The highest BCUT2D eigenvalue weighted by Crippen LogP contribution is 2.34. The van der Waals surface area contributed by atoms with Gasteiger partial charge in [-0.2, -0.15) is 0 Å². The Kier molecular flexibility index (Phi) is 3.83. The number of hydrogen-bond acceptors (Lipinski definition) is 3. The zero-order valence-corrected chi connectivity index (χ0v) is 11.6. The van der Waals surface area contributed by atoms with Gasteiger partial charge in [0.05, 0.1) is 0 Å². The maximum absolute atomic E-state index is 4.67. The predicted molar refractivity (Wildman–Crippen MR) is 73.1 cm³/mol. The second-order valence-corrected chi connectivity index (χ2v) is 6.97. The summed E-state index contributed by atoms with van der Waals surface area (Å²) in [6, 6.07) is 0.653. The topological polar surface area (TPSA) is 24.4 Å². The lowest BCUT2D eigenvalue weighted by molar-refractivity contribution is 0.434. The van der Waals surface area contributed by atoms with Crippen LogP contribution in [0.2, 0.25) is 0 Å². The van der Waals surface area contributed by atoms with Crippen molar-refractivity contribution in [2.75, 3.05) is 12.3 Å². The van der Waals surface area contributed by atoms with Crippen LogP contribution in [-0.2, 0) is 0 Å². The number of thioether (sulfide) groups is 1. The molecule has 0 aromatic heterocycles. The molecule has 1 aliphatic heterocycles. The normalized spacial score (nSPS) is 26.1. The highest BCUT2D eigenvalue weighted by atomic mass is 32.2. The van der Waals surface area contributed by atoms with Crippen LogP contribution in [-0.4, -0.2) is 23.5 Å². The maximum atomic E-state index is 4.67. The molecule has 2 aliphatic rings. The number of nitrogens with one attached hydrogen (secondary N) is 1. The third kappa shape index (κ3) is 3.69. The van der Waals surface area contributed by atoms with E-state index in [0.717, 1.165) is 12.5 Å². The first-order chi connectivity index (χ1) is 7.59. The van der Waals surface area contributed by atoms with Gasteiger partial charge in [-0.25, -0.2) is 0 Å². The van der Waals surface area contributed by atoms with E-state index < -0.39 is 0 Å². The summed E-state index contributed by atoms with van der Waals surface area (Å²) in [5.41, 5.74) is 0.383. The first-order valence-corrected chi connectivity index (χ1v) is 7.51. The monoisotopic (exact) mass is 240 g/mol. The molecule has 0 saturated heterocycles. The van der Waals surface area contributed by atoms with Crippen molar-refractivity contribution >= 4 is 16.9 Å². The molecule has 0 amide bonds. The van der Waals surface area contributed by atoms with Gasteiger partial charge in [0.15, 0.2) is 5.17 Å². The van der Waals surface area contributed by atoms with E-state index in [9.17, 15) is 0 Å². The fourth-order valence-electron chi connectivity index (χ4n) is 1.99. The number of amidine groups is 1. The molecule has 1 aliphatic carbocycles. The Morgan fingerprint density at radius 1 is 1.50 bits per heavy atom. The standard InChI is InChI=1S/C13H24N2S/c1-4-11(7-10-5-6-10)15-12-14-8-13(2,3)9-16-12/h10-11H,4-9H2,1-3H3,(H,14,15). The van der Waals surface area contributed by atoms with Crippen LogP contribution in [0, 0.1) is 11.3 Å². The maximum Gasteiger partial charge on any atom is 0.156 e. The van der Waals surface area contributed by atoms with Crippen LogP contribution in [0.25, 0.3) is 0 Å². The Bertz CT molecular complexity index is 269. The highest BCUT2D eigenvalue weighted by Gasteiger charge is 2.27. The molecule has 16 heavy (non-hydrogen) atoms. The molecule has 0 spiro atoms. The van der Waals surface area contributed by atoms with Crippen LogP contribution in [0.5, 0.6) is 0 Å². The van der Waals surface area contributed by atoms with Gasteiger partial charge in [0.1, 0.15) is 0 Å². The zero-order valence-electron chi connectivity index (χ0n) is 10.8. The molecule has 1 fully saturated rings. The van der Waals surface area contributed by atoms with Crippen molar-refractivity contribution in [3.8, 4) is 0 Å². The van der Waals surface area contributed by atoms with Gasteiger partial charge in [0.2, 0.25) is 0 Å². The van der Waals surface area contributed by atoms with Crippen molar-refractivity contribution in [1.82, 2.24) is 5.32 Å². The molecule has 2 nitrogen and oxygen atoms in total. The van der Waals surface area contributed by atoms with E-state index in [1.807, 2.05) is 11.8 Å². The van der Waals surface area contributed by atoms with Crippen LogP contribution in [0.15, 0.2) is 4.99 Å². The molecule has 2 rings (SSSR count). The lowest BCUT2D eigenvalue weighted by Gasteiger charge is -2.29. The zero-order chi connectivity index (χ0) is 11.6. The number of hydrogen-bond donors (Lipinski definition) is 1. The average Bonchev–Trinajstić information content (AvgIpc) is 3.04. The quantitative estimate of drug-likeness (QED) is 0.815. The van der Waals surface area contributed by atoms with Crippen LogP contribution >= 0.6 is 11.8 Å². The van der Waals surface area contributed by atoms with Crippen LogP contribution in [0.3, 0.4) is 0 Å². The van der Waals surface area contributed by atoms with Crippen LogP contribution in [0.4, 0.5) is 0 Å². The molecule has 1 heterocycles.